The predicted octanol–water partition coefficient (Wildman–Crippen LogP) is 4.60. The molecule has 0 spiro atoms. The summed E-state index contributed by atoms with van der Waals surface area (Å²) in [7, 11) is 5.76. The summed E-state index contributed by atoms with van der Waals surface area (Å²) in [5.41, 5.74) is 0.436. The van der Waals surface area contributed by atoms with Crippen LogP contribution in [0, 0.1) is 0 Å². The normalized spacial score (nSPS) is 11.7. The van der Waals surface area contributed by atoms with Crippen molar-refractivity contribution in [3.63, 3.8) is 0 Å². The van der Waals surface area contributed by atoms with Gasteiger partial charge in [0, 0.05) is 30.0 Å². The minimum atomic E-state index is -1.50. The number of halogens is 2. The topological polar surface area (TPSA) is 99.0 Å². The molecule has 31 heavy (non-hydrogen) atoms. The standard InChI is InChI=1S/C20H21Cl2N3O6/c1-11(26)18(24-23-15-6-7-16(30-4)17(21)19(15)31-5)20(27)25(22)12-8-13(28-2)10-14(9-12)29-3/h6-10,18H,1-5H3. The second-order valence-electron chi connectivity index (χ2n) is 6.05. The van der Waals surface area contributed by atoms with E-state index >= 15 is 0 Å². The first-order valence-corrected chi connectivity index (χ1v) is 9.53. The molecule has 1 unspecified atom stereocenters. The maximum atomic E-state index is 12.9. The Kier molecular flexibility index (Phi) is 8.47. The number of methoxy groups -OCH3 is 4. The molecule has 1 atom stereocenters. The molecule has 2 rings (SSSR count). The average Bonchev–Trinajstić information content (AvgIpc) is 2.77. The average molecular weight is 470 g/mol. The van der Waals surface area contributed by atoms with Crippen LogP contribution in [0.2, 0.25) is 5.02 Å². The van der Waals surface area contributed by atoms with E-state index in [9.17, 15) is 9.59 Å². The van der Waals surface area contributed by atoms with Gasteiger partial charge in [0.15, 0.2) is 11.5 Å². The lowest BCUT2D eigenvalue weighted by atomic mass is 10.2. The molecule has 0 aliphatic heterocycles. The van der Waals surface area contributed by atoms with Gasteiger partial charge in [-0.3, -0.25) is 9.59 Å². The molecule has 166 valence electrons. The third kappa shape index (κ3) is 5.56. The smallest absolute Gasteiger partial charge is 0.276 e. The molecule has 11 heteroatoms. The van der Waals surface area contributed by atoms with Crippen molar-refractivity contribution < 1.29 is 28.5 Å². The van der Waals surface area contributed by atoms with E-state index in [0.29, 0.717) is 17.2 Å². The van der Waals surface area contributed by atoms with Crippen molar-refractivity contribution in [1.29, 1.82) is 0 Å². The Labute approximate surface area is 189 Å². The van der Waals surface area contributed by atoms with E-state index in [1.807, 2.05) is 0 Å². The number of benzene rings is 2. The van der Waals surface area contributed by atoms with Gasteiger partial charge < -0.3 is 18.9 Å². The zero-order chi connectivity index (χ0) is 23.1. The summed E-state index contributed by atoms with van der Waals surface area (Å²) in [6, 6.07) is 6.21. The van der Waals surface area contributed by atoms with Gasteiger partial charge in [0.25, 0.3) is 5.91 Å². The summed E-state index contributed by atoms with van der Waals surface area (Å²) >= 11 is 12.4. The van der Waals surface area contributed by atoms with Crippen LogP contribution in [0.5, 0.6) is 23.0 Å². The quantitative estimate of drug-likeness (QED) is 0.302. The molecule has 9 nitrogen and oxygen atoms in total. The second-order valence-corrected chi connectivity index (χ2v) is 6.77. The summed E-state index contributed by atoms with van der Waals surface area (Å²) in [6.07, 6.45) is 0. The number of rotatable bonds is 9. The number of anilines is 1. The highest BCUT2D eigenvalue weighted by Crippen LogP contribution is 2.41. The van der Waals surface area contributed by atoms with Gasteiger partial charge in [-0.05, 0) is 19.1 Å². The number of amides is 1. The number of ketones is 1. The van der Waals surface area contributed by atoms with Crippen molar-refractivity contribution in [1.82, 2.24) is 0 Å². The van der Waals surface area contributed by atoms with Crippen molar-refractivity contribution in [2.24, 2.45) is 10.2 Å². The van der Waals surface area contributed by atoms with E-state index in [1.54, 1.807) is 12.1 Å². The minimum absolute atomic E-state index is 0.176. The van der Waals surface area contributed by atoms with Gasteiger partial charge in [-0.2, -0.15) is 10.2 Å². The number of ether oxygens (including phenoxy) is 4. The Balaban J connectivity index is 2.38. The van der Waals surface area contributed by atoms with Crippen molar-refractivity contribution in [3.05, 3.63) is 35.4 Å². The highest BCUT2D eigenvalue weighted by Gasteiger charge is 2.29. The van der Waals surface area contributed by atoms with E-state index in [4.69, 9.17) is 42.3 Å². The van der Waals surface area contributed by atoms with Crippen molar-refractivity contribution in [3.8, 4) is 23.0 Å². The van der Waals surface area contributed by atoms with Crippen LogP contribution < -0.4 is 23.4 Å². The Morgan fingerprint density at radius 3 is 2.06 bits per heavy atom. The first-order valence-electron chi connectivity index (χ1n) is 8.81. The molecule has 0 aliphatic carbocycles. The Morgan fingerprint density at radius 2 is 1.58 bits per heavy atom. The number of Topliss-reactive ketones (excluding diaryl/α,β-unsaturated/α-hetero) is 1. The number of carbonyl (C=O) groups excluding carboxylic acids is 2. The molecule has 0 radical (unpaired) electrons. The molecule has 1 amide bonds. The molecule has 0 fully saturated rings. The van der Waals surface area contributed by atoms with Crippen LogP contribution in [0.25, 0.3) is 0 Å². The first kappa shape index (κ1) is 24.2. The lowest BCUT2D eigenvalue weighted by Crippen LogP contribution is -2.36. The van der Waals surface area contributed by atoms with Crippen molar-refractivity contribution >= 4 is 46.4 Å². The maximum absolute atomic E-state index is 12.9. The Hall–Kier alpha value is -3.04. The fourth-order valence-electron chi connectivity index (χ4n) is 2.52. The predicted molar refractivity (Wildman–Crippen MR) is 116 cm³/mol. The van der Waals surface area contributed by atoms with Crippen LogP contribution in [-0.2, 0) is 9.59 Å². The maximum Gasteiger partial charge on any atom is 0.276 e. The molecule has 0 N–H and O–H groups in total. The number of hydrogen-bond acceptors (Lipinski definition) is 8. The first-order chi connectivity index (χ1) is 14.8. The largest absolute Gasteiger partial charge is 0.497 e. The van der Waals surface area contributed by atoms with Crippen LogP contribution in [0.4, 0.5) is 11.4 Å². The van der Waals surface area contributed by atoms with E-state index in [0.717, 1.165) is 4.42 Å². The van der Waals surface area contributed by atoms with Gasteiger partial charge in [-0.1, -0.05) is 11.6 Å². The van der Waals surface area contributed by atoms with E-state index in [1.165, 1.54) is 53.6 Å². The zero-order valence-electron chi connectivity index (χ0n) is 17.5. The van der Waals surface area contributed by atoms with E-state index in [-0.39, 0.29) is 22.1 Å². The fourth-order valence-corrected chi connectivity index (χ4v) is 3.03. The number of hydrogen-bond donors (Lipinski definition) is 0. The van der Waals surface area contributed by atoms with Gasteiger partial charge in [0.2, 0.25) is 6.04 Å². The molecule has 2 aromatic rings. The lowest BCUT2D eigenvalue weighted by molar-refractivity contribution is -0.126. The Morgan fingerprint density at radius 1 is 0.968 bits per heavy atom. The second kappa shape index (κ2) is 10.8. The summed E-state index contributed by atoms with van der Waals surface area (Å²) in [6.45, 7) is 1.21. The molecule has 0 heterocycles. The fraction of sp³-hybridized carbons (Fsp3) is 0.300. The minimum Gasteiger partial charge on any atom is -0.497 e. The molecule has 0 bridgehead atoms. The number of azo groups is 1. The molecule has 0 aromatic heterocycles. The van der Waals surface area contributed by atoms with Crippen LogP contribution in [0.3, 0.4) is 0 Å². The van der Waals surface area contributed by atoms with Crippen LogP contribution in [-0.4, -0.2) is 46.2 Å². The zero-order valence-corrected chi connectivity index (χ0v) is 19.0. The molecule has 0 saturated heterocycles. The van der Waals surface area contributed by atoms with E-state index < -0.39 is 17.7 Å². The Bertz CT molecular complexity index is 977. The van der Waals surface area contributed by atoms with Crippen molar-refractivity contribution in [2.75, 3.05) is 32.9 Å². The van der Waals surface area contributed by atoms with Crippen LogP contribution in [0.1, 0.15) is 6.92 Å². The molecular formula is C20H21Cl2N3O6. The molecule has 0 aliphatic rings. The van der Waals surface area contributed by atoms with Gasteiger partial charge in [0.1, 0.15) is 28.0 Å². The number of nitrogens with zero attached hydrogens (tertiary/aromatic N) is 3. The van der Waals surface area contributed by atoms with Gasteiger partial charge in [0.05, 0.1) is 34.1 Å². The summed E-state index contributed by atoms with van der Waals surface area (Å²) in [5.74, 6) is -0.00666. The summed E-state index contributed by atoms with van der Waals surface area (Å²) in [4.78, 5) is 25.0. The van der Waals surface area contributed by atoms with Crippen LogP contribution in [0.15, 0.2) is 40.6 Å². The molecular weight excluding hydrogens is 449 g/mol. The molecule has 2 aromatic carbocycles. The van der Waals surface area contributed by atoms with Gasteiger partial charge in [-0.15, -0.1) is 0 Å². The SMILES string of the molecule is COc1cc(OC)cc(N(Cl)C(=O)C(N=Nc2ccc(OC)c(Cl)c2OC)C(C)=O)c1. The summed E-state index contributed by atoms with van der Waals surface area (Å²) < 4.78 is 21.5. The third-order valence-corrected chi connectivity index (χ3v) is 4.84. The monoisotopic (exact) mass is 469 g/mol. The summed E-state index contributed by atoms with van der Waals surface area (Å²) in [5, 5.41) is 8.05. The highest BCUT2D eigenvalue weighted by molar-refractivity contribution is 6.39. The van der Waals surface area contributed by atoms with Gasteiger partial charge >= 0.3 is 0 Å². The number of carbonyl (C=O) groups is 2. The lowest BCUT2D eigenvalue weighted by Gasteiger charge is -2.18. The highest BCUT2D eigenvalue weighted by atomic mass is 35.5. The van der Waals surface area contributed by atoms with Crippen molar-refractivity contribution in [2.45, 2.75) is 13.0 Å². The van der Waals surface area contributed by atoms with E-state index in [2.05, 4.69) is 10.2 Å². The van der Waals surface area contributed by atoms with Crippen LogP contribution >= 0.6 is 23.4 Å². The molecule has 0 saturated carbocycles. The third-order valence-electron chi connectivity index (χ3n) is 4.12. The van der Waals surface area contributed by atoms with Gasteiger partial charge in [-0.25, -0.2) is 4.42 Å².